The van der Waals surface area contributed by atoms with Gasteiger partial charge in [-0.05, 0) is 0 Å². The number of rotatable bonds is 9. The van der Waals surface area contributed by atoms with Gasteiger partial charge in [-0.3, -0.25) is 0 Å². The molecular weight excluding hydrogens is 561 g/mol. The minimum absolute atomic E-state index is 0. The molecule has 0 bridgehead atoms. The average Bonchev–Trinajstić information content (AvgIpc) is 2.43. The van der Waals surface area contributed by atoms with Gasteiger partial charge in [0.1, 0.15) is 0 Å². The summed E-state index contributed by atoms with van der Waals surface area (Å²) in [5.41, 5.74) is 0. The first kappa shape index (κ1) is 44.0. The van der Waals surface area contributed by atoms with Gasteiger partial charge < -0.3 is 71.9 Å². The first-order valence-corrected chi connectivity index (χ1v) is 11.0. The van der Waals surface area contributed by atoms with Crippen molar-refractivity contribution in [3.05, 3.63) is 0 Å². The predicted molar refractivity (Wildman–Crippen MR) is 79.2 cm³/mol. The molecule has 23 heteroatoms. The fraction of sp³-hybridized carbons (Fsp3) is 0.667. The molecule has 3 N–H and O–H groups in total. The molecule has 174 valence electrons. The zero-order valence-electron chi connectivity index (χ0n) is 20.3. The summed E-state index contributed by atoms with van der Waals surface area (Å²) in [4.78, 5) is 58.2. The Kier molecular flexibility index (Phi) is 32.1. The zero-order chi connectivity index (χ0) is 24.6. The quantitative estimate of drug-likeness (QED) is 0.130. The van der Waals surface area contributed by atoms with Crippen LogP contribution in [0.1, 0.15) is 25.0 Å². The summed E-state index contributed by atoms with van der Waals surface area (Å²) < 4.78 is 39.5. The molecule has 0 radical (unpaired) electrons. The topological polar surface area (TPSA) is 349 Å². The molecule has 0 aliphatic carbocycles. The summed E-state index contributed by atoms with van der Waals surface area (Å²) in [7, 11) is -15.5. The van der Waals surface area contributed by atoms with Crippen molar-refractivity contribution in [1.29, 1.82) is 15.8 Å². The van der Waals surface area contributed by atoms with Crippen molar-refractivity contribution < 1.29 is 180 Å². The standard InChI is InChI=1S/3C3H6NO5P.2K/c3*4-2-1-3(5)9-10(6,7)8;;/h3*3,5H,1H2,(H2,6,7,8);;/q;;;2*+1/p-2. The Balaban J connectivity index is -0.0000000401. The smallest absolute Gasteiger partial charge is 0.790 e. The van der Waals surface area contributed by atoms with E-state index in [2.05, 4.69) is 13.6 Å². The summed E-state index contributed by atoms with van der Waals surface area (Å²) in [6.45, 7) is 0. The largest absolute Gasteiger partial charge is 1.00 e. The van der Waals surface area contributed by atoms with Crippen LogP contribution in [0.15, 0.2) is 0 Å². The second kappa shape index (κ2) is 23.4. The molecular formula is C9H16K2N3O15P3. The van der Waals surface area contributed by atoms with Crippen LogP contribution in [0.2, 0.25) is 0 Å². The molecule has 32 heavy (non-hydrogen) atoms. The van der Waals surface area contributed by atoms with Gasteiger partial charge in [-0.25, -0.2) is 0 Å². The number of aliphatic hydroxyl groups excluding tert-OH is 3. The van der Waals surface area contributed by atoms with Crippen molar-refractivity contribution in [2.75, 3.05) is 0 Å². The Labute approximate surface area is 272 Å². The van der Waals surface area contributed by atoms with E-state index in [9.17, 15) is 43.1 Å². The maximum Gasteiger partial charge on any atom is 1.00 e. The first-order valence-electron chi connectivity index (χ1n) is 6.63. The van der Waals surface area contributed by atoms with Gasteiger partial charge in [-0.2, -0.15) is 15.8 Å². The van der Waals surface area contributed by atoms with Crippen LogP contribution in [-0.2, 0) is 27.3 Å². The van der Waals surface area contributed by atoms with E-state index >= 15 is 0 Å². The zero-order valence-corrected chi connectivity index (χ0v) is 25.2. The fourth-order valence-electron chi connectivity index (χ4n) is 0.793. The molecule has 0 aromatic carbocycles. The number of phosphoric ester groups is 3. The monoisotopic (exact) mass is 577 g/mol. The van der Waals surface area contributed by atoms with E-state index in [1.165, 1.54) is 18.2 Å². The van der Waals surface area contributed by atoms with Gasteiger partial charge in [0.05, 0.1) is 60.9 Å². The van der Waals surface area contributed by atoms with Crippen LogP contribution in [-0.4, -0.2) is 34.2 Å². The molecule has 18 nitrogen and oxygen atoms in total. The predicted octanol–water partition coefficient (Wildman–Crippen LogP) is -11.4. The molecule has 0 rings (SSSR count). The third kappa shape index (κ3) is 45.5. The van der Waals surface area contributed by atoms with Crippen molar-refractivity contribution in [3.8, 4) is 18.2 Å². The van der Waals surface area contributed by atoms with Gasteiger partial charge in [0, 0.05) is 0 Å². The minimum Gasteiger partial charge on any atom is -0.790 e. The molecule has 0 aromatic rings. The Morgan fingerprint density at radius 1 is 0.625 bits per heavy atom. The van der Waals surface area contributed by atoms with Gasteiger partial charge in [0.25, 0.3) is 0 Å². The van der Waals surface area contributed by atoms with Crippen molar-refractivity contribution in [3.63, 3.8) is 0 Å². The Morgan fingerprint density at radius 2 is 0.781 bits per heavy atom. The Morgan fingerprint density at radius 3 is 0.875 bits per heavy atom. The van der Waals surface area contributed by atoms with Crippen LogP contribution in [0, 0.1) is 34.0 Å². The van der Waals surface area contributed by atoms with E-state index in [1.807, 2.05) is 0 Å². The van der Waals surface area contributed by atoms with Crippen LogP contribution >= 0.6 is 23.5 Å². The molecule has 0 saturated carbocycles. The van der Waals surface area contributed by atoms with Gasteiger partial charge in [0.15, 0.2) is 18.9 Å². The van der Waals surface area contributed by atoms with E-state index in [0.29, 0.717) is 0 Å². The van der Waals surface area contributed by atoms with Crippen LogP contribution in [0.4, 0.5) is 0 Å². The van der Waals surface area contributed by atoms with Crippen molar-refractivity contribution >= 4 is 23.5 Å². The number of aliphatic hydroxyl groups is 3. The van der Waals surface area contributed by atoms with E-state index in [0.717, 1.165) is 0 Å². The summed E-state index contributed by atoms with van der Waals surface area (Å²) in [6.07, 6.45) is -7.17. The molecule has 0 aliphatic heterocycles. The number of hydrogen-bond donors (Lipinski definition) is 3. The first-order chi connectivity index (χ1) is 13.4. The maximum absolute atomic E-state index is 9.70. The Bertz CT molecular complexity index is 668. The number of nitriles is 3. The molecule has 0 aromatic heterocycles. The molecule has 0 aliphatic rings. The third-order valence-electron chi connectivity index (χ3n) is 1.55. The van der Waals surface area contributed by atoms with Crippen LogP contribution in [0.5, 0.6) is 0 Å². The normalized spacial score (nSPS) is 13.3. The van der Waals surface area contributed by atoms with E-state index < -0.39 is 61.6 Å². The molecule has 0 spiro atoms. The van der Waals surface area contributed by atoms with Gasteiger partial charge in [0.2, 0.25) is 0 Å². The molecule has 0 saturated heterocycles. The average molecular weight is 577 g/mol. The van der Waals surface area contributed by atoms with E-state index in [1.54, 1.807) is 0 Å². The maximum atomic E-state index is 9.70. The number of phosphoric acid groups is 3. The Hall–Kier alpha value is 1.95. The van der Waals surface area contributed by atoms with Crippen molar-refractivity contribution in [2.24, 2.45) is 0 Å². The van der Waals surface area contributed by atoms with Crippen LogP contribution in [0.25, 0.3) is 0 Å². The van der Waals surface area contributed by atoms with Gasteiger partial charge >= 0.3 is 108 Å². The van der Waals surface area contributed by atoms with Crippen LogP contribution < -0.4 is 132 Å². The SMILES string of the molecule is N#CCC(O)OP(=O)([O-])[O-].N#CCC(O)OP(=O)([O-])[O-].N#CCC(O)OP(=O)([O-])[O-].[H+].[H+].[H+].[H+].[K+].[K+]. The summed E-state index contributed by atoms with van der Waals surface area (Å²) in [5.74, 6) is 0. The van der Waals surface area contributed by atoms with Crippen LogP contribution in [0.3, 0.4) is 0 Å². The van der Waals surface area contributed by atoms with Crippen molar-refractivity contribution in [2.45, 2.75) is 38.1 Å². The van der Waals surface area contributed by atoms with Gasteiger partial charge in [-0.15, -0.1) is 0 Å². The number of nitrogens with zero attached hydrogens (tertiary/aromatic N) is 3. The molecule has 3 unspecified atom stereocenters. The number of hydrogen-bond acceptors (Lipinski definition) is 18. The fourth-order valence-corrected chi connectivity index (χ4v) is 1.91. The van der Waals surface area contributed by atoms with Gasteiger partial charge in [-0.1, -0.05) is 0 Å². The third-order valence-corrected chi connectivity index (χ3v) is 3.05. The summed E-state index contributed by atoms with van der Waals surface area (Å²) in [6, 6.07) is 4.25. The second-order valence-electron chi connectivity index (χ2n) is 4.11. The summed E-state index contributed by atoms with van der Waals surface area (Å²) >= 11 is 0. The minimum atomic E-state index is -5.15. The molecule has 0 amide bonds. The van der Waals surface area contributed by atoms with Crippen molar-refractivity contribution in [1.82, 2.24) is 0 Å². The molecule has 0 heterocycles. The summed E-state index contributed by atoms with van der Waals surface area (Å²) in [5, 5.41) is 48.7. The van der Waals surface area contributed by atoms with E-state index in [4.69, 9.17) is 31.1 Å². The molecule has 0 fully saturated rings. The second-order valence-corrected chi connectivity index (χ2v) is 7.42. The molecule has 3 atom stereocenters. The van der Waals surface area contributed by atoms with E-state index in [-0.39, 0.29) is 108 Å².